The first-order chi connectivity index (χ1) is 15.0. The zero-order valence-corrected chi connectivity index (χ0v) is 18.7. The highest BCUT2D eigenvalue weighted by atomic mass is 32.2. The smallest absolute Gasteiger partial charge is 0.264 e. The molecule has 3 aromatic rings. The van der Waals surface area contributed by atoms with Gasteiger partial charge in [-0.1, -0.05) is 68.4 Å². The Balaban J connectivity index is 1.82. The number of carbonyl (C=O) groups excluding carboxylic acids is 1. The molecule has 0 aromatic heterocycles. The van der Waals surface area contributed by atoms with Gasteiger partial charge in [0.15, 0.2) is 0 Å². The molecule has 0 atom stereocenters. The number of para-hydroxylation sites is 1. The zero-order valence-electron chi connectivity index (χ0n) is 17.9. The predicted molar refractivity (Wildman–Crippen MR) is 124 cm³/mol. The van der Waals surface area contributed by atoms with Gasteiger partial charge in [-0.15, -0.1) is 0 Å². The molecule has 0 radical (unpaired) electrons. The van der Waals surface area contributed by atoms with Gasteiger partial charge in [0.05, 0.1) is 10.6 Å². The summed E-state index contributed by atoms with van der Waals surface area (Å²) in [6.45, 7) is 4.24. The molecule has 0 aliphatic carbocycles. The summed E-state index contributed by atoms with van der Waals surface area (Å²) in [5.41, 5.74) is 3.89. The first-order valence-electron chi connectivity index (χ1n) is 10.5. The first-order valence-corrected chi connectivity index (χ1v) is 11.9. The molecule has 0 spiro atoms. The second kappa shape index (κ2) is 10.3. The lowest BCUT2D eigenvalue weighted by atomic mass is 10.0. The lowest BCUT2D eigenvalue weighted by molar-refractivity contribution is -0.119. The summed E-state index contributed by atoms with van der Waals surface area (Å²) in [4.78, 5) is 13.0. The maximum absolute atomic E-state index is 13.3. The highest BCUT2D eigenvalue weighted by Crippen LogP contribution is 2.23. The molecule has 0 unspecified atom stereocenters. The van der Waals surface area contributed by atoms with Crippen LogP contribution in [0.5, 0.6) is 0 Å². The third-order valence-electron chi connectivity index (χ3n) is 5.20. The molecule has 5 nitrogen and oxygen atoms in total. The van der Waals surface area contributed by atoms with Gasteiger partial charge in [0.1, 0.15) is 6.54 Å². The van der Waals surface area contributed by atoms with Crippen LogP contribution in [0.15, 0.2) is 83.8 Å². The summed E-state index contributed by atoms with van der Waals surface area (Å²) in [5, 5.41) is 2.90. The second-order valence-electron chi connectivity index (χ2n) is 7.25. The van der Waals surface area contributed by atoms with Gasteiger partial charge in [0.25, 0.3) is 10.0 Å². The van der Waals surface area contributed by atoms with Crippen molar-refractivity contribution in [3.05, 3.63) is 95.6 Å². The number of anilines is 1. The van der Waals surface area contributed by atoms with Gasteiger partial charge in [0.2, 0.25) is 5.91 Å². The van der Waals surface area contributed by atoms with E-state index in [-0.39, 0.29) is 17.3 Å². The molecule has 3 rings (SSSR count). The standard InChI is InChI=1S/C25H28N2O3S/c1-3-20-15-16-21(4-2)22(17-20)18-26-25(28)19-27(23-11-7-5-8-12-23)31(29,30)24-13-9-6-10-14-24/h5-17H,3-4,18-19H2,1-2H3,(H,26,28). The second-order valence-corrected chi connectivity index (χ2v) is 9.11. The van der Waals surface area contributed by atoms with Crippen LogP contribution < -0.4 is 9.62 Å². The zero-order chi connectivity index (χ0) is 22.3. The third-order valence-corrected chi connectivity index (χ3v) is 6.99. The lowest BCUT2D eigenvalue weighted by Gasteiger charge is -2.24. The quantitative estimate of drug-likeness (QED) is 0.543. The van der Waals surface area contributed by atoms with Crippen molar-refractivity contribution in [3.63, 3.8) is 0 Å². The Morgan fingerprint density at radius 2 is 1.48 bits per heavy atom. The van der Waals surface area contributed by atoms with E-state index in [9.17, 15) is 13.2 Å². The van der Waals surface area contributed by atoms with Crippen molar-refractivity contribution in [1.82, 2.24) is 5.32 Å². The Hall–Kier alpha value is -3.12. The molecule has 1 N–H and O–H groups in total. The normalized spacial score (nSPS) is 11.2. The number of amides is 1. The molecule has 162 valence electrons. The fraction of sp³-hybridized carbons (Fsp3) is 0.240. The highest BCUT2D eigenvalue weighted by molar-refractivity contribution is 7.92. The molecule has 1 amide bonds. The minimum absolute atomic E-state index is 0.149. The number of benzene rings is 3. The topological polar surface area (TPSA) is 66.5 Å². The third kappa shape index (κ3) is 5.52. The molecule has 0 saturated heterocycles. The molecule has 3 aromatic carbocycles. The molecule has 0 aliphatic rings. The number of carbonyl (C=O) groups is 1. The van der Waals surface area contributed by atoms with Crippen molar-refractivity contribution in [3.8, 4) is 0 Å². The van der Waals surface area contributed by atoms with Crippen LogP contribution >= 0.6 is 0 Å². The Bertz CT molecular complexity index is 1110. The summed E-state index contributed by atoms with van der Waals surface area (Å²) >= 11 is 0. The number of nitrogens with one attached hydrogen (secondary N) is 1. The van der Waals surface area contributed by atoms with Crippen molar-refractivity contribution in [2.24, 2.45) is 0 Å². The minimum atomic E-state index is -3.88. The maximum Gasteiger partial charge on any atom is 0.264 e. The van der Waals surface area contributed by atoms with Crippen molar-refractivity contribution in [2.75, 3.05) is 10.8 Å². The molecular weight excluding hydrogens is 408 g/mol. The summed E-state index contributed by atoms with van der Waals surface area (Å²) in [6.07, 6.45) is 1.79. The van der Waals surface area contributed by atoms with E-state index in [1.54, 1.807) is 42.5 Å². The number of hydrogen-bond donors (Lipinski definition) is 1. The van der Waals surface area contributed by atoms with Crippen LogP contribution in [0.1, 0.15) is 30.5 Å². The van der Waals surface area contributed by atoms with Gasteiger partial charge < -0.3 is 5.32 Å². The van der Waals surface area contributed by atoms with E-state index in [1.807, 2.05) is 6.07 Å². The first kappa shape index (κ1) is 22.6. The minimum Gasteiger partial charge on any atom is -0.350 e. The average molecular weight is 437 g/mol. The van der Waals surface area contributed by atoms with Crippen molar-refractivity contribution < 1.29 is 13.2 Å². The predicted octanol–water partition coefficient (Wildman–Crippen LogP) is 4.32. The summed E-state index contributed by atoms with van der Waals surface area (Å²) in [5.74, 6) is -0.354. The van der Waals surface area contributed by atoms with Crippen molar-refractivity contribution in [2.45, 2.75) is 38.1 Å². The van der Waals surface area contributed by atoms with Crippen molar-refractivity contribution >= 4 is 21.6 Å². The van der Waals surface area contributed by atoms with Gasteiger partial charge in [-0.2, -0.15) is 0 Å². The summed E-state index contributed by atoms with van der Waals surface area (Å²) in [6, 6.07) is 23.2. The number of sulfonamides is 1. The van der Waals surface area contributed by atoms with Crippen molar-refractivity contribution in [1.29, 1.82) is 0 Å². The SMILES string of the molecule is CCc1ccc(CC)c(CNC(=O)CN(c2ccccc2)S(=O)(=O)c2ccccc2)c1. The van der Waals surface area contributed by atoms with Crippen LogP contribution in [0, 0.1) is 0 Å². The Labute approximate surface area is 184 Å². The molecule has 6 heteroatoms. The van der Waals surface area contributed by atoms with Crippen LogP contribution in [0.25, 0.3) is 0 Å². The van der Waals surface area contributed by atoms with E-state index in [4.69, 9.17) is 0 Å². The lowest BCUT2D eigenvalue weighted by Crippen LogP contribution is -2.40. The monoisotopic (exact) mass is 436 g/mol. The molecule has 0 fully saturated rings. The van der Waals surface area contributed by atoms with Crippen LogP contribution in [0.3, 0.4) is 0 Å². The molecule has 0 saturated carbocycles. The van der Waals surface area contributed by atoms with Crippen LogP contribution in [0.4, 0.5) is 5.69 Å². The fourth-order valence-corrected chi connectivity index (χ4v) is 4.86. The Morgan fingerprint density at radius 1 is 0.839 bits per heavy atom. The average Bonchev–Trinajstić information content (AvgIpc) is 2.82. The van der Waals surface area contributed by atoms with Gasteiger partial charge in [-0.25, -0.2) is 8.42 Å². The van der Waals surface area contributed by atoms with E-state index in [1.165, 1.54) is 23.3 Å². The molecule has 0 bridgehead atoms. The van der Waals surface area contributed by atoms with E-state index in [2.05, 4.69) is 37.4 Å². The summed E-state index contributed by atoms with van der Waals surface area (Å²) < 4.78 is 27.7. The van der Waals surface area contributed by atoms with Gasteiger partial charge in [-0.05, 0) is 53.8 Å². The number of rotatable bonds is 9. The van der Waals surface area contributed by atoms with Crippen LogP contribution in [-0.4, -0.2) is 20.9 Å². The van der Waals surface area contributed by atoms with Gasteiger partial charge in [0, 0.05) is 6.54 Å². The fourth-order valence-electron chi connectivity index (χ4n) is 3.42. The maximum atomic E-state index is 13.3. The number of nitrogens with zero attached hydrogens (tertiary/aromatic N) is 1. The van der Waals surface area contributed by atoms with Gasteiger partial charge >= 0.3 is 0 Å². The molecule has 0 heterocycles. The van der Waals surface area contributed by atoms with E-state index >= 15 is 0 Å². The number of aryl methyl sites for hydroxylation is 2. The largest absolute Gasteiger partial charge is 0.350 e. The summed E-state index contributed by atoms with van der Waals surface area (Å²) in [7, 11) is -3.88. The molecule has 31 heavy (non-hydrogen) atoms. The van der Waals surface area contributed by atoms with E-state index in [0.717, 1.165) is 22.7 Å². The van der Waals surface area contributed by atoms with Crippen LogP contribution in [0.2, 0.25) is 0 Å². The number of hydrogen-bond acceptors (Lipinski definition) is 3. The molecular formula is C25H28N2O3S. The van der Waals surface area contributed by atoms with E-state index in [0.29, 0.717) is 12.2 Å². The highest BCUT2D eigenvalue weighted by Gasteiger charge is 2.26. The molecule has 0 aliphatic heterocycles. The Kier molecular flexibility index (Phi) is 7.47. The van der Waals surface area contributed by atoms with Gasteiger partial charge in [-0.3, -0.25) is 9.10 Å². The van der Waals surface area contributed by atoms with Crippen LogP contribution in [-0.2, 0) is 34.2 Å². The Morgan fingerprint density at radius 3 is 2.10 bits per heavy atom. The van der Waals surface area contributed by atoms with E-state index < -0.39 is 10.0 Å².